The van der Waals surface area contributed by atoms with Crippen LogP contribution >= 0.6 is 22.6 Å². The van der Waals surface area contributed by atoms with Crippen molar-refractivity contribution in [2.24, 2.45) is 0 Å². The summed E-state index contributed by atoms with van der Waals surface area (Å²) in [6.07, 6.45) is 0.533. The third-order valence-electron chi connectivity index (χ3n) is 3.34. The molecule has 0 bridgehead atoms. The molecular formula is C14H17IO2. The fourth-order valence-corrected chi connectivity index (χ4v) is 3.09. The molecule has 0 aliphatic carbocycles. The summed E-state index contributed by atoms with van der Waals surface area (Å²) in [7, 11) is 0. The highest BCUT2D eigenvalue weighted by atomic mass is 127. The van der Waals surface area contributed by atoms with Crippen LogP contribution in [0.4, 0.5) is 0 Å². The molecule has 1 aromatic rings. The molecule has 1 fully saturated rings. The van der Waals surface area contributed by atoms with Gasteiger partial charge in [-0.1, -0.05) is 46.4 Å². The molecule has 0 aromatic heterocycles. The van der Waals surface area contributed by atoms with E-state index >= 15 is 0 Å². The van der Waals surface area contributed by atoms with E-state index in [1.807, 2.05) is 0 Å². The van der Waals surface area contributed by atoms with Crippen molar-refractivity contribution in [3.8, 4) is 0 Å². The maximum absolute atomic E-state index is 11.5. The second-order valence-electron chi connectivity index (χ2n) is 4.80. The van der Waals surface area contributed by atoms with Crippen LogP contribution in [-0.4, -0.2) is 16.0 Å². The Bertz CT molecular complexity index is 440. The highest BCUT2D eigenvalue weighted by Crippen LogP contribution is 2.37. The number of rotatable bonds is 2. The Labute approximate surface area is 116 Å². The summed E-state index contributed by atoms with van der Waals surface area (Å²) in [6.45, 7) is 6.29. The van der Waals surface area contributed by atoms with E-state index in [0.29, 0.717) is 10.3 Å². The summed E-state index contributed by atoms with van der Waals surface area (Å²) in [4.78, 5) is 11.5. The molecule has 2 rings (SSSR count). The van der Waals surface area contributed by atoms with Crippen LogP contribution in [-0.2, 0) is 9.53 Å². The normalized spacial score (nSPS) is 25.8. The maximum atomic E-state index is 11.5. The lowest BCUT2D eigenvalue weighted by atomic mass is 9.87. The average Bonchev–Trinajstić information content (AvgIpc) is 2.64. The summed E-state index contributed by atoms with van der Waals surface area (Å²) in [5.74, 6) is 0.152. The number of cyclic esters (lactones) is 1. The van der Waals surface area contributed by atoms with Gasteiger partial charge < -0.3 is 4.74 Å². The second-order valence-corrected chi connectivity index (χ2v) is 6.77. The molecule has 1 heterocycles. The van der Waals surface area contributed by atoms with Crippen LogP contribution < -0.4 is 0 Å². The van der Waals surface area contributed by atoms with Crippen LogP contribution in [0.2, 0.25) is 0 Å². The lowest BCUT2D eigenvalue weighted by molar-refractivity contribution is -0.141. The van der Waals surface area contributed by atoms with Crippen molar-refractivity contribution in [1.29, 1.82) is 0 Å². The molecular weight excluding hydrogens is 327 g/mol. The van der Waals surface area contributed by atoms with Crippen molar-refractivity contribution in [3.05, 3.63) is 34.9 Å². The number of halogens is 1. The van der Waals surface area contributed by atoms with E-state index in [9.17, 15) is 4.79 Å². The third kappa shape index (κ3) is 2.64. The second kappa shape index (κ2) is 4.96. The zero-order chi connectivity index (χ0) is 12.6. The number of benzene rings is 1. The van der Waals surface area contributed by atoms with Gasteiger partial charge in [0.1, 0.15) is 6.10 Å². The quantitative estimate of drug-likeness (QED) is 0.466. The number of hydrogen-bond donors (Lipinski definition) is 0. The lowest BCUT2D eigenvalue weighted by Gasteiger charge is -2.22. The molecule has 17 heavy (non-hydrogen) atoms. The summed E-state index contributed by atoms with van der Waals surface area (Å²) in [6, 6.07) is 6.43. The molecule has 0 amide bonds. The van der Waals surface area contributed by atoms with Gasteiger partial charge in [-0.2, -0.15) is 0 Å². The van der Waals surface area contributed by atoms with Crippen LogP contribution in [0, 0.1) is 13.8 Å². The van der Waals surface area contributed by atoms with Crippen molar-refractivity contribution in [3.63, 3.8) is 0 Å². The van der Waals surface area contributed by atoms with Gasteiger partial charge in [0.05, 0.1) is 6.42 Å². The zero-order valence-corrected chi connectivity index (χ0v) is 12.5. The van der Waals surface area contributed by atoms with Crippen molar-refractivity contribution in [1.82, 2.24) is 0 Å². The molecule has 0 N–H and O–H groups in total. The van der Waals surface area contributed by atoms with E-state index in [-0.39, 0.29) is 18.0 Å². The topological polar surface area (TPSA) is 26.3 Å². The summed E-state index contributed by atoms with van der Waals surface area (Å²) < 4.78 is 5.78. The molecule has 3 atom stereocenters. The minimum absolute atomic E-state index is 0.0172. The van der Waals surface area contributed by atoms with Gasteiger partial charge in [0.15, 0.2) is 0 Å². The molecule has 1 saturated heterocycles. The first-order valence-electron chi connectivity index (χ1n) is 5.89. The Hall–Kier alpha value is -0.580. The number of carbonyl (C=O) groups excluding carboxylic acids is 1. The van der Waals surface area contributed by atoms with Gasteiger partial charge in [0, 0.05) is 9.84 Å². The first-order chi connectivity index (χ1) is 7.99. The third-order valence-corrected chi connectivity index (χ3v) is 4.05. The highest BCUT2D eigenvalue weighted by Gasteiger charge is 2.38. The van der Waals surface area contributed by atoms with Crippen LogP contribution in [0.5, 0.6) is 0 Å². The van der Waals surface area contributed by atoms with Crippen LogP contribution in [0.15, 0.2) is 18.2 Å². The summed E-state index contributed by atoms with van der Waals surface area (Å²) >= 11 is 2.34. The van der Waals surface area contributed by atoms with Gasteiger partial charge in [-0.3, -0.25) is 4.79 Å². The number of esters is 1. The molecule has 3 heteroatoms. The van der Waals surface area contributed by atoms with Gasteiger partial charge in [-0.15, -0.1) is 0 Å². The van der Waals surface area contributed by atoms with E-state index < -0.39 is 0 Å². The van der Waals surface area contributed by atoms with E-state index in [1.165, 1.54) is 16.7 Å². The van der Waals surface area contributed by atoms with Gasteiger partial charge in [-0.25, -0.2) is 0 Å². The van der Waals surface area contributed by atoms with Gasteiger partial charge >= 0.3 is 5.97 Å². The molecule has 1 aliphatic heterocycles. The van der Waals surface area contributed by atoms with Crippen LogP contribution in [0.3, 0.4) is 0 Å². The number of ether oxygens (including phenoxy) is 1. The molecule has 0 radical (unpaired) electrons. The van der Waals surface area contributed by atoms with Crippen molar-refractivity contribution < 1.29 is 9.53 Å². The fraction of sp³-hybridized carbons (Fsp3) is 0.500. The van der Waals surface area contributed by atoms with Crippen molar-refractivity contribution >= 4 is 28.6 Å². The van der Waals surface area contributed by atoms with Gasteiger partial charge in [0.2, 0.25) is 0 Å². The van der Waals surface area contributed by atoms with Crippen molar-refractivity contribution in [2.45, 2.75) is 43.1 Å². The van der Waals surface area contributed by atoms with Crippen LogP contribution in [0.25, 0.3) is 0 Å². The van der Waals surface area contributed by atoms with E-state index in [4.69, 9.17) is 4.74 Å². The molecule has 92 valence electrons. The fourth-order valence-electron chi connectivity index (χ4n) is 2.44. The Morgan fingerprint density at radius 1 is 1.41 bits per heavy atom. The molecule has 0 spiro atoms. The Morgan fingerprint density at radius 3 is 2.76 bits per heavy atom. The Balaban J connectivity index is 2.37. The minimum atomic E-state index is -0.0653. The van der Waals surface area contributed by atoms with E-state index in [2.05, 4.69) is 61.6 Å². The largest absolute Gasteiger partial charge is 0.461 e. The first-order valence-corrected chi connectivity index (χ1v) is 7.14. The zero-order valence-electron chi connectivity index (χ0n) is 10.4. The molecule has 1 aromatic carbocycles. The SMILES string of the molecule is Cc1ccc(C)c([C@H]2CC(=O)O[C@@H]2[C@@H](C)I)c1. The van der Waals surface area contributed by atoms with E-state index in [0.717, 1.165) is 0 Å². The van der Waals surface area contributed by atoms with E-state index in [1.54, 1.807) is 0 Å². The molecule has 2 nitrogen and oxygen atoms in total. The molecule has 1 aliphatic rings. The van der Waals surface area contributed by atoms with Gasteiger partial charge in [0.25, 0.3) is 0 Å². The predicted molar refractivity (Wildman–Crippen MR) is 76.6 cm³/mol. The maximum Gasteiger partial charge on any atom is 0.306 e. The Morgan fingerprint density at radius 2 is 2.12 bits per heavy atom. The minimum Gasteiger partial charge on any atom is -0.461 e. The highest BCUT2D eigenvalue weighted by molar-refractivity contribution is 14.1. The van der Waals surface area contributed by atoms with Gasteiger partial charge in [-0.05, 0) is 31.9 Å². The number of carbonyl (C=O) groups is 1. The first kappa shape index (κ1) is 12.9. The predicted octanol–water partition coefficient (Wildman–Crippen LogP) is 3.53. The lowest BCUT2D eigenvalue weighted by Crippen LogP contribution is -2.23. The Kier molecular flexibility index (Phi) is 3.76. The van der Waals surface area contributed by atoms with Crippen LogP contribution in [0.1, 0.15) is 36.0 Å². The summed E-state index contributed by atoms with van der Waals surface area (Å²) in [5, 5.41) is 0. The summed E-state index contributed by atoms with van der Waals surface area (Å²) in [5.41, 5.74) is 3.76. The standard InChI is InChI=1S/C14H17IO2/c1-8-4-5-9(2)11(6-8)12-7-13(16)17-14(12)10(3)15/h4-6,10,12,14H,7H2,1-3H3/t10-,12-,14-/m1/s1. The van der Waals surface area contributed by atoms with Crippen molar-refractivity contribution in [2.75, 3.05) is 0 Å². The number of hydrogen-bond acceptors (Lipinski definition) is 2. The number of aryl methyl sites for hydroxylation is 2. The molecule has 0 unspecified atom stereocenters. The smallest absolute Gasteiger partial charge is 0.306 e. The average molecular weight is 344 g/mol. The molecule has 0 saturated carbocycles. The monoisotopic (exact) mass is 344 g/mol. The number of alkyl halides is 1.